The second-order valence-electron chi connectivity index (χ2n) is 5.02. The predicted octanol–water partition coefficient (Wildman–Crippen LogP) is 2.02. The minimum Gasteiger partial charge on any atom is -0.469 e. The van der Waals surface area contributed by atoms with Crippen LogP contribution in [0.2, 0.25) is 0 Å². The molecule has 0 aromatic carbocycles. The Hall–Kier alpha value is -0.570. The van der Waals surface area contributed by atoms with Crippen LogP contribution in [0.4, 0.5) is 0 Å². The smallest absolute Gasteiger partial charge is 0.314 e. The van der Waals surface area contributed by atoms with Gasteiger partial charge < -0.3 is 9.84 Å². The molecule has 2 fully saturated rings. The lowest BCUT2D eigenvalue weighted by molar-refractivity contribution is -0.194. The number of hydrogen-bond donors (Lipinski definition) is 1. The monoisotopic (exact) mass is 212 g/mol. The molecule has 0 bridgehead atoms. The molecule has 2 aliphatic carbocycles. The number of esters is 1. The Bertz CT molecular complexity index is 250. The normalized spacial score (nSPS) is 27.9. The van der Waals surface area contributed by atoms with Crippen molar-refractivity contribution in [1.82, 2.24) is 0 Å². The highest BCUT2D eigenvalue weighted by atomic mass is 16.5. The van der Waals surface area contributed by atoms with Crippen molar-refractivity contribution in [2.75, 3.05) is 7.11 Å². The molecule has 0 heterocycles. The van der Waals surface area contributed by atoms with E-state index in [-0.39, 0.29) is 5.97 Å². The second-order valence-corrected chi connectivity index (χ2v) is 5.02. The fourth-order valence-electron chi connectivity index (χ4n) is 3.20. The van der Waals surface area contributed by atoms with Gasteiger partial charge in [0.25, 0.3) is 0 Å². The molecule has 0 saturated heterocycles. The van der Waals surface area contributed by atoms with E-state index in [1.807, 2.05) is 0 Å². The van der Waals surface area contributed by atoms with Crippen molar-refractivity contribution in [3.05, 3.63) is 0 Å². The van der Waals surface area contributed by atoms with Crippen LogP contribution in [-0.4, -0.2) is 23.8 Å². The highest BCUT2D eigenvalue weighted by Gasteiger charge is 2.59. The van der Waals surface area contributed by atoms with Crippen molar-refractivity contribution >= 4 is 5.97 Å². The molecule has 0 amide bonds. The Kier molecular flexibility index (Phi) is 2.75. The van der Waals surface area contributed by atoms with E-state index in [9.17, 15) is 9.90 Å². The zero-order valence-electron chi connectivity index (χ0n) is 9.42. The zero-order valence-corrected chi connectivity index (χ0v) is 9.42. The highest BCUT2D eigenvalue weighted by molar-refractivity contribution is 5.79. The van der Waals surface area contributed by atoms with Gasteiger partial charge in [-0.05, 0) is 25.7 Å². The van der Waals surface area contributed by atoms with E-state index in [1.54, 1.807) is 0 Å². The van der Waals surface area contributed by atoms with Crippen LogP contribution in [0.25, 0.3) is 0 Å². The molecular formula is C12H20O3. The molecule has 0 aliphatic heterocycles. The van der Waals surface area contributed by atoms with Gasteiger partial charge in [-0.25, -0.2) is 0 Å². The van der Waals surface area contributed by atoms with Crippen molar-refractivity contribution in [2.24, 2.45) is 5.41 Å². The molecule has 15 heavy (non-hydrogen) atoms. The average Bonchev–Trinajstić information content (AvgIpc) is 2.16. The molecule has 86 valence electrons. The molecule has 1 N–H and O–H groups in total. The lowest BCUT2D eigenvalue weighted by Crippen LogP contribution is -2.58. The van der Waals surface area contributed by atoms with E-state index in [0.717, 1.165) is 44.9 Å². The van der Waals surface area contributed by atoms with Crippen LogP contribution >= 0.6 is 0 Å². The van der Waals surface area contributed by atoms with Crippen LogP contribution in [0.3, 0.4) is 0 Å². The van der Waals surface area contributed by atoms with Gasteiger partial charge in [0.2, 0.25) is 0 Å². The van der Waals surface area contributed by atoms with Gasteiger partial charge in [-0.3, -0.25) is 4.79 Å². The minimum atomic E-state index is -0.781. The van der Waals surface area contributed by atoms with E-state index in [0.29, 0.717) is 0 Å². The lowest BCUT2D eigenvalue weighted by Gasteiger charge is -2.52. The number of ether oxygens (including phenoxy) is 1. The molecule has 3 heteroatoms. The van der Waals surface area contributed by atoms with Crippen LogP contribution in [0.1, 0.15) is 51.4 Å². The van der Waals surface area contributed by atoms with Gasteiger partial charge in [0, 0.05) is 0 Å². The maximum atomic E-state index is 11.8. The van der Waals surface area contributed by atoms with E-state index < -0.39 is 11.0 Å². The Balaban J connectivity index is 2.20. The third-order valence-corrected chi connectivity index (χ3v) is 4.35. The van der Waals surface area contributed by atoms with Crippen molar-refractivity contribution in [3.63, 3.8) is 0 Å². The number of aliphatic hydroxyl groups is 1. The molecule has 2 aliphatic rings. The predicted molar refractivity (Wildman–Crippen MR) is 56.3 cm³/mol. The standard InChI is InChI=1S/C12H20O3/c1-15-10(13)11(6-5-7-11)12(14)8-3-2-4-9-12/h14H,2-9H2,1H3. The molecule has 2 saturated carbocycles. The van der Waals surface area contributed by atoms with E-state index in [2.05, 4.69) is 0 Å². The third kappa shape index (κ3) is 1.48. The zero-order chi connectivity index (χ0) is 10.9. The Morgan fingerprint density at radius 1 is 1.07 bits per heavy atom. The topological polar surface area (TPSA) is 46.5 Å². The van der Waals surface area contributed by atoms with E-state index in [4.69, 9.17) is 4.74 Å². The van der Waals surface area contributed by atoms with Gasteiger partial charge in [-0.1, -0.05) is 25.7 Å². The minimum absolute atomic E-state index is 0.196. The van der Waals surface area contributed by atoms with Crippen molar-refractivity contribution in [1.29, 1.82) is 0 Å². The first kappa shape index (κ1) is 10.9. The number of hydrogen-bond acceptors (Lipinski definition) is 3. The molecule has 3 nitrogen and oxygen atoms in total. The molecule has 0 radical (unpaired) electrons. The van der Waals surface area contributed by atoms with Crippen molar-refractivity contribution < 1.29 is 14.6 Å². The van der Waals surface area contributed by atoms with Gasteiger partial charge in [-0.15, -0.1) is 0 Å². The lowest BCUT2D eigenvalue weighted by atomic mass is 9.55. The molecule has 0 spiro atoms. The van der Waals surface area contributed by atoms with Crippen LogP contribution in [0.5, 0.6) is 0 Å². The summed E-state index contributed by atoms with van der Waals surface area (Å²) < 4.78 is 4.88. The Labute approximate surface area is 90.8 Å². The summed E-state index contributed by atoms with van der Waals surface area (Å²) >= 11 is 0. The fourth-order valence-corrected chi connectivity index (χ4v) is 3.20. The number of rotatable bonds is 2. The van der Waals surface area contributed by atoms with Crippen molar-refractivity contribution in [2.45, 2.75) is 57.0 Å². The van der Waals surface area contributed by atoms with E-state index >= 15 is 0 Å². The van der Waals surface area contributed by atoms with Crippen LogP contribution in [0.15, 0.2) is 0 Å². The summed E-state index contributed by atoms with van der Waals surface area (Å²) in [5.74, 6) is -0.196. The molecule has 0 unspecified atom stereocenters. The maximum absolute atomic E-state index is 11.8. The fraction of sp³-hybridized carbons (Fsp3) is 0.917. The second kappa shape index (κ2) is 3.78. The van der Waals surface area contributed by atoms with Crippen LogP contribution in [0, 0.1) is 5.41 Å². The molecule has 0 aromatic heterocycles. The largest absolute Gasteiger partial charge is 0.469 e. The average molecular weight is 212 g/mol. The maximum Gasteiger partial charge on any atom is 0.314 e. The molecule has 2 rings (SSSR count). The van der Waals surface area contributed by atoms with E-state index in [1.165, 1.54) is 13.5 Å². The van der Waals surface area contributed by atoms with Gasteiger partial charge in [0.1, 0.15) is 0 Å². The molecular weight excluding hydrogens is 192 g/mol. The highest BCUT2D eigenvalue weighted by Crippen LogP contribution is 2.55. The summed E-state index contributed by atoms with van der Waals surface area (Å²) in [5.41, 5.74) is -1.35. The number of methoxy groups -OCH3 is 1. The Morgan fingerprint density at radius 3 is 2.07 bits per heavy atom. The van der Waals surface area contributed by atoms with Crippen molar-refractivity contribution in [3.8, 4) is 0 Å². The summed E-state index contributed by atoms with van der Waals surface area (Å²) in [4.78, 5) is 11.8. The molecule has 0 aromatic rings. The molecule has 0 atom stereocenters. The van der Waals surface area contributed by atoms with Gasteiger partial charge in [0.05, 0.1) is 18.1 Å². The summed E-state index contributed by atoms with van der Waals surface area (Å²) in [6.45, 7) is 0. The SMILES string of the molecule is COC(=O)C1(C2(O)CCCCC2)CCC1. The van der Waals surface area contributed by atoms with Gasteiger partial charge in [0.15, 0.2) is 0 Å². The summed E-state index contributed by atoms with van der Waals surface area (Å²) in [6, 6.07) is 0. The number of carbonyl (C=O) groups excluding carboxylic acids is 1. The van der Waals surface area contributed by atoms with Crippen LogP contribution < -0.4 is 0 Å². The number of carbonyl (C=O) groups is 1. The first-order chi connectivity index (χ1) is 7.15. The third-order valence-electron chi connectivity index (χ3n) is 4.35. The van der Waals surface area contributed by atoms with Crippen LogP contribution in [-0.2, 0) is 9.53 Å². The summed E-state index contributed by atoms with van der Waals surface area (Å²) in [6.07, 6.45) is 7.43. The Morgan fingerprint density at radius 2 is 1.67 bits per heavy atom. The van der Waals surface area contributed by atoms with Gasteiger partial charge in [-0.2, -0.15) is 0 Å². The summed E-state index contributed by atoms with van der Waals surface area (Å²) in [7, 11) is 1.43. The quantitative estimate of drug-likeness (QED) is 0.712. The van der Waals surface area contributed by atoms with Gasteiger partial charge >= 0.3 is 5.97 Å². The first-order valence-corrected chi connectivity index (χ1v) is 5.95. The first-order valence-electron chi connectivity index (χ1n) is 5.95. The summed E-state index contributed by atoms with van der Waals surface area (Å²) in [5, 5.41) is 10.6.